The number of amides is 1. The Morgan fingerprint density at radius 2 is 1.96 bits per heavy atom. The maximum Gasteiger partial charge on any atom is 0.431 e. The number of hydrogen-bond acceptors (Lipinski definition) is 2. The first-order chi connectivity index (χ1) is 12.7. The molecule has 2 aromatic rings. The number of hydrogen-bond donors (Lipinski definition) is 2. The maximum absolute atomic E-state index is 12.7. The summed E-state index contributed by atoms with van der Waals surface area (Å²) >= 11 is 0. The lowest BCUT2D eigenvalue weighted by Crippen LogP contribution is -2.33. The van der Waals surface area contributed by atoms with Crippen LogP contribution in [0.2, 0.25) is 0 Å². The highest BCUT2D eigenvalue weighted by molar-refractivity contribution is 5.94. The standard InChI is InChI=1S/C20H19F3N2O2/c1-3-4-13-10-12-6-5-11(2)9-15(12)17(13)25-19(27)14-7-8-16(20(21,22)23)24-18(14)26/h5-10,17H,3-4H2,1-2H3,(H,24,26)(H,25,27). The molecule has 3 rings (SSSR count). The predicted octanol–water partition coefficient (Wildman–Crippen LogP) is 4.37. The molecule has 0 saturated heterocycles. The van der Waals surface area contributed by atoms with Gasteiger partial charge in [-0.15, -0.1) is 0 Å². The number of carbonyl (C=O) groups excluding carboxylic acids is 1. The van der Waals surface area contributed by atoms with Crippen LogP contribution in [0.25, 0.3) is 6.08 Å². The molecule has 2 N–H and O–H groups in total. The van der Waals surface area contributed by atoms with Gasteiger partial charge in [0.2, 0.25) is 0 Å². The summed E-state index contributed by atoms with van der Waals surface area (Å²) in [7, 11) is 0. The minimum atomic E-state index is -4.67. The first-order valence-corrected chi connectivity index (χ1v) is 8.63. The van der Waals surface area contributed by atoms with E-state index in [-0.39, 0.29) is 5.56 Å². The minimum absolute atomic E-state index is 0.347. The van der Waals surface area contributed by atoms with Gasteiger partial charge in [0.25, 0.3) is 11.5 Å². The lowest BCUT2D eigenvalue weighted by molar-refractivity contribution is -0.141. The van der Waals surface area contributed by atoms with Gasteiger partial charge in [-0.05, 0) is 42.2 Å². The highest BCUT2D eigenvalue weighted by Gasteiger charge is 2.33. The second-order valence-electron chi connectivity index (χ2n) is 6.62. The summed E-state index contributed by atoms with van der Waals surface area (Å²) in [4.78, 5) is 26.3. The number of aryl methyl sites for hydroxylation is 1. The molecule has 1 aliphatic carbocycles. The Morgan fingerprint density at radius 3 is 2.59 bits per heavy atom. The summed E-state index contributed by atoms with van der Waals surface area (Å²) in [6.45, 7) is 3.96. The van der Waals surface area contributed by atoms with Crippen molar-refractivity contribution in [2.75, 3.05) is 0 Å². The molecule has 1 aromatic heterocycles. The molecule has 1 aromatic carbocycles. The van der Waals surface area contributed by atoms with E-state index in [2.05, 4.69) is 5.32 Å². The van der Waals surface area contributed by atoms with Crippen molar-refractivity contribution in [1.29, 1.82) is 0 Å². The van der Waals surface area contributed by atoms with Gasteiger partial charge in [-0.1, -0.05) is 43.2 Å². The highest BCUT2D eigenvalue weighted by atomic mass is 19.4. The van der Waals surface area contributed by atoms with Gasteiger partial charge in [0.15, 0.2) is 0 Å². The largest absolute Gasteiger partial charge is 0.431 e. The first kappa shape index (κ1) is 18.9. The van der Waals surface area contributed by atoms with Crippen molar-refractivity contribution in [3.63, 3.8) is 0 Å². The molecule has 1 amide bonds. The number of H-pyrrole nitrogens is 1. The average molecular weight is 376 g/mol. The van der Waals surface area contributed by atoms with Crippen LogP contribution >= 0.6 is 0 Å². The van der Waals surface area contributed by atoms with Crippen LogP contribution < -0.4 is 10.9 Å². The molecular weight excluding hydrogens is 357 g/mol. The lowest BCUT2D eigenvalue weighted by Gasteiger charge is -2.19. The molecule has 0 radical (unpaired) electrons. The van der Waals surface area contributed by atoms with Gasteiger partial charge in [0.1, 0.15) is 11.3 Å². The summed E-state index contributed by atoms with van der Waals surface area (Å²) in [6, 6.07) is 7.13. The maximum atomic E-state index is 12.7. The Bertz CT molecular complexity index is 974. The molecule has 0 spiro atoms. The van der Waals surface area contributed by atoms with Crippen LogP contribution in [0.1, 0.15) is 58.5 Å². The van der Waals surface area contributed by atoms with Gasteiger partial charge >= 0.3 is 6.18 Å². The smallest absolute Gasteiger partial charge is 0.341 e. The topological polar surface area (TPSA) is 62.0 Å². The van der Waals surface area contributed by atoms with E-state index < -0.39 is 29.4 Å². The molecule has 27 heavy (non-hydrogen) atoms. The van der Waals surface area contributed by atoms with Crippen LogP contribution in [0.4, 0.5) is 13.2 Å². The third kappa shape index (κ3) is 3.82. The van der Waals surface area contributed by atoms with E-state index in [0.717, 1.165) is 41.2 Å². The normalized spacial score (nSPS) is 16.0. The van der Waals surface area contributed by atoms with Crippen molar-refractivity contribution in [3.8, 4) is 0 Å². The zero-order valence-electron chi connectivity index (χ0n) is 14.9. The van der Waals surface area contributed by atoms with Crippen molar-refractivity contribution < 1.29 is 18.0 Å². The first-order valence-electron chi connectivity index (χ1n) is 8.63. The fourth-order valence-corrected chi connectivity index (χ4v) is 3.26. The Balaban J connectivity index is 1.90. The molecule has 0 bridgehead atoms. The number of fused-ring (bicyclic) bond motifs is 1. The van der Waals surface area contributed by atoms with Crippen LogP contribution in [-0.2, 0) is 6.18 Å². The summed E-state index contributed by atoms with van der Waals surface area (Å²) in [5.74, 6) is -0.702. The highest BCUT2D eigenvalue weighted by Crippen LogP contribution is 2.37. The van der Waals surface area contributed by atoms with E-state index in [1.165, 1.54) is 0 Å². The van der Waals surface area contributed by atoms with Crippen LogP contribution in [0.3, 0.4) is 0 Å². The Labute approximate surface area is 154 Å². The number of alkyl halides is 3. The third-order valence-corrected chi connectivity index (χ3v) is 4.54. The second kappa shape index (κ2) is 7.06. The summed E-state index contributed by atoms with van der Waals surface area (Å²) < 4.78 is 38.1. The van der Waals surface area contributed by atoms with Gasteiger partial charge in [-0.3, -0.25) is 9.59 Å². The van der Waals surface area contributed by atoms with E-state index in [1.54, 1.807) is 4.98 Å². The molecule has 7 heteroatoms. The molecule has 1 atom stereocenters. The Hall–Kier alpha value is -2.83. The van der Waals surface area contributed by atoms with Crippen molar-refractivity contribution in [1.82, 2.24) is 10.3 Å². The average Bonchev–Trinajstić information content (AvgIpc) is 2.91. The number of nitrogens with one attached hydrogen (secondary N) is 2. The number of halogens is 3. The number of rotatable bonds is 4. The number of aromatic amines is 1. The Morgan fingerprint density at radius 1 is 1.22 bits per heavy atom. The molecule has 0 fully saturated rings. The van der Waals surface area contributed by atoms with Crippen molar-refractivity contribution >= 4 is 12.0 Å². The van der Waals surface area contributed by atoms with Crippen molar-refractivity contribution in [2.24, 2.45) is 0 Å². The Kier molecular flexibility index (Phi) is 4.95. The quantitative estimate of drug-likeness (QED) is 0.832. The molecule has 1 unspecified atom stereocenters. The second-order valence-corrected chi connectivity index (χ2v) is 6.62. The van der Waals surface area contributed by atoms with Gasteiger partial charge in [-0.2, -0.15) is 13.2 Å². The van der Waals surface area contributed by atoms with E-state index in [0.29, 0.717) is 6.07 Å². The van der Waals surface area contributed by atoms with Crippen LogP contribution in [0, 0.1) is 6.92 Å². The molecule has 0 saturated carbocycles. The molecule has 1 aliphatic rings. The molecule has 1 heterocycles. The van der Waals surface area contributed by atoms with Gasteiger partial charge in [0, 0.05) is 0 Å². The van der Waals surface area contributed by atoms with Gasteiger partial charge in [-0.25, -0.2) is 0 Å². The number of aromatic nitrogens is 1. The summed E-state index contributed by atoms with van der Waals surface area (Å²) in [6.07, 6.45) is -1.01. The number of benzene rings is 1. The van der Waals surface area contributed by atoms with E-state index in [1.807, 2.05) is 38.1 Å². The summed E-state index contributed by atoms with van der Waals surface area (Å²) in [5, 5.41) is 2.80. The monoisotopic (exact) mass is 376 g/mol. The zero-order valence-corrected chi connectivity index (χ0v) is 14.9. The SMILES string of the molecule is CCCC1=Cc2ccc(C)cc2C1NC(=O)c1ccc(C(F)(F)F)[nH]c1=O. The van der Waals surface area contributed by atoms with Gasteiger partial charge < -0.3 is 10.3 Å². The minimum Gasteiger partial charge on any atom is -0.341 e. The van der Waals surface area contributed by atoms with Crippen LogP contribution in [-0.4, -0.2) is 10.9 Å². The van der Waals surface area contributed by atoms with E-state index in [4.69, 9.17) is 0 Å². The van der Waals surface area contributed by atoms with Gasteiger partial charge in [0.05, 0.1) is 6.04 Å². The lowest BCUT2D eigenvalue weighted by atomic mass is 9.99. The molecule has 4 nitrogen and oxygen atoms in total. The molecule has 142 valence electrons. The molecular formula is C20H19F3N2O2. The van der Waals surface area contributed by atoms with Crippen LogP contribution in [0.5, 0.6) is 0 Å². The van der Waals surface area contributed by atoms with E-state index >= 15 is 0 Å². The van der Waals surface area contributed by atoms with Crippen molar-refractivity contribution in [2.45, 2.75) is 38.9 Å². The fourth-order valence-electron chi connectivity index (χ4n) is 3.26. The third-order valence-electron chi connectivity index (χ3n) is 4.54. The van der Waals surface area contributed by atoms with E-state index in [9.17, 15) is 22.8 Å². The predicted molar refractivity (Wildman–Crippen MR) is 96.3 cm³/mol. The number of pyridine rings is 1. The summed E-state index contributed by atoms with van der Waals surface area (Å²) in [5.41, 5.74) is 1.37. The zero-order chi connectivity index (χ0) is 19.8. The number of carbonyl (C=O) groups is 1. The van der Waals surface area contributed by atoms with Crippen molar-refractivity contribution in [3.05, 3.63) is 74.2 Å². The molecule has 0 aliphatic heterocycles. The van der Waals surface area contributed by atoms with Crippen LogP contribution in [0.15, 0.2) is 40.7 Å². The fraction of sp³-hybridized carbons (Fsp3) is 0.300.